The Morgan fingerprint density at radius 3 is 2.77 bits per heavy atom. The molecule has 1 aliphatic rings. The van der Waals surface area contributed by atoms with Crippen molar-refractivity contribution in [2.24, 2.45) is 5.92 Å². The lowest BCUT2D eigenvalue weighted by Gasteiger charge is -2.26. The Balaban J connectivity index is 1.42. The van der Waals surface area contributed by atoms with Crippen LogP contribution in [0, 0.1) is 5.92 Å². The predicted octanol–water partition coefficient (Wildman–Crippen LogP) is 1.60. The smallest absolute Gasteiger partial charge is 0.229 e. The van der Waals surface area contributed by atoms with Gasteiger partial charge in [0, 0.05) is 12.6 Å². The molecule has 0 spiro atoms. The number of fused-ring (bicyclic) bond motifs is 1. The number of phenols is 2. The number of hydrogen-bond donors (Lipinski definition) is 5. The van der Waals surface area contributed by atoms with Crippen molar-refractivity contribution >= 4 is 15.7 Å². The molecule has 2 aromatic carbocycles. The minimum atomic E-state index is -3.53. The van der Waals surface area contributed by atoms with E-state index in [1.165, 1.54) is 23.8 Å². The van der Waals surface area contributed by atoms with Crippen LogP contribution in [-0.2, 0) is 22.9 Å². The normalized spacial score (nSPS) is 17.2. The number of anilines is 1. The Labute approximate surface area is 176 Å². The molecule has 0 amide bonds. The van der Waals surface area contributed by atoms with E-state index in [2.05, 4.69) is 16.1 Å². The van der Waals surface area contributed by atoms with Gasteiger partial charge in [-0.1, -0.05) is 12.1 Å². The molecule has 1 aliphatic carbocycles. The lowest BCUT2D eigenvalue weighted by atomic mass is 9.83. The maximum absolute atomic E-state index is 11.3. The number of hydrogen-bond acceptors (Lipinski definition) is 7. The number of phenolic OH excluding ortho intramolecular Hbond substituents is 2. The first-order chi connectivity index (χ1) is 14.2. The fourth-order valence-electron chi connectivity index (χ4n) is 3.63. The molecule has 0 aliphatic heterocycles. The van der Waals surface area contributed by atoms with Crippen molar-refractivity contribution in [2.45, 2.75) is 25.4 Å². The monoisotopic (exact) mass is 436 g/mol. The molecular formula is C21H28N2O6S. The standard InChI is InChI=1S/C21H28N2O6S/c1-30(27,28)23-19-10-17(6-8-21(19)26)29-13-16(24)12-22-11-14-5-7-18-15(9-14)3-2-4-20(18)25/h2-4,6,8,10,14,16,22-26H,5,7,9,11-13H2,1H3/t14?,16-/m1/s1. The SMILES string of the molecule is CS(=O)(=O)Nc1cc(OC[C@H](O)CNCC2CCc3c(O)cccc3C2)ccc1O. The van der Waals surface area contributed by atoms with Crippen LogP contribution in [0.3, 0.4) is 0 Å². The minimum absolute atomic E-state index is 0.0197. The van der Waals surface area contributed by atoms with Crippen LogP contribution in [0.5, 0.6) is 17.2 Å². The quantitative estimate of drug-likeness (QED) is 0.378. The Morgan fingerprint density at radius 1 is 1.20 bits per heavy atom. The van der Waals surface area contributed by atoms with E-state index in [1.807, 2.05) is 6.07 Å². The van der Waals surface area contributed by atoms with Gasteiger partial charge in [-0.2, -0.15) is 0 Å². The summed E-state index contributed by atoms with van der Waals surface area (Å²) in [7, 11) is -3.53. The molecule has 5 N–H and O–H groups in total. The molecule has 1 unspecified atom stereocenters. The highest BCUT2D eigenvalue weighted by Crippen LogP contribution is 2.31. The van der Waals surface area contributed by atoms with Crippen LogP contribution in [0.15, 0.2) is 36.4 Å². The largest absolute Gasteiger partial charge is 0.508 e. The molecule has 0 heterocycles. The molecule has 9 heteroatoms. The number of sulfonamides is 1. The average molecular weight is 437 g/mol. The van der Waals surface area contributed by atoms with E-state index < -0.39 is 16.1 Å². The first kappa shape index (κ1) is 22.2. The molecule has 0 radical (unpaired) electrons. The van der Waals surface area contributed by atoms with Gasteiger partial charge in [-0.15, -0.1) is 0 Å². The third-order valence-corrected chi connectivity index (χ3v) is 5.67. The zero-order valence-corrected chi connectivity index (χ0v) is 17.7. The molecule has 0 saturated heterocycles. The van der Waals surface area contributed by atoms with Crippen LogP contribution in [0.4, 0.5) is 5.69 Å². The minimum Gasteiger partial charge on any atom is -0.508 e. The van der Waals surface area contributed by atoms with Crippen LogP contribution < -0.4 is 14.8 Å². The lowest BCUT2D eigenvalue weighted by molar-refractivity contribution is 0.105. The van der Waals surface area contributed by atoms with E-state index in [0.29, 0.717) is 24.0 Å². The van der Waals surface area contributed by atoms with Crippen molar-refractivity contribution in [2.75, 3.05) is 30.7 Å². The van der Waals surface area contributed by atoms with Gasteiger partial charge in [0.05, 0.1) is 11.9 Å². The fraction of sp³-hybridized carbons (Fsp3) is 0.429. The van der Waals surface area contributed by atoms with Crippen LogP contribution in [0.25, 0.3) is 0 Å². The number of rotatable bonds is 9. The summed E-state index contributed by atoms with van der Waals surface area (Å²) in [5.74, 6) is 0.934. The highest BCUT2D eigenvalue weighted by molar-refractivity contribution is 7.92. The summed E-state index contributed by atoms with van der Waals surface area (Å²) in [6, 6.07) is 9.83. The Bertz CT molecular complexity index is 979. The van der Waals surface area contributed by atoms with Crippen LogP contribution in [0.1, 0.15) is 17.5 Å². The van der Waals surface area contributed by atoms with Gasteiger partial charge in [-0.25, -0.2) is 8.42 Å². The van der Waals surface area contributed by atoms with Gasteiger partial charge in [0.1, 0.15) is 30.0 Å². The highest BCUT2D eigenvalue weighted by Gasteiger charge is 2.20. The topological polar surface area (TPSA) is 128 Å². The highest BCUT2D eigenvalue weighted by atomic mass is 32.2. The van der Waals surface area contributed by atoms with Crippen molar-refractivity contribution in [3.8, 4) is 17.2 Å². The molecule has 0 bridgehead atoms. The van der Waals surface area contributed by atoms with Crippen LogP contribution in [0.2, 0.25) is 0 Å². The Hall–Kier alpha value is -2.49. The van der Waals surface area contributed by atoms with Crippen LogP contribution >= 0.6 is 0 Å². The van der Waals surface area contributed by atoms with Crippen molar-refractivity contribution in [1.29, 1.82) is 0 Å². The summed E-state index contributed by atoms with van der Waals surface area (Å²) in [5, 5.41) is 33.1. The maximum atomic E-state index is 11.3. The van der Waals surface area contributed by atoms with Gasteiger partial charge in [0.25, 0.3) is 0 Å². The average Bonchev–Trinajstić information content (AvgIpc) is 2.68. The third-order valence-electron chi connectivity index (χ3n) is 5.08. The van der Waals surface area contributed by atoms with Gasteiger partial charge in [0.2, 0.25) is 10.0 Å². The third kappa shape index (κ3) is 6.25. The van der Waals surface area contributed by atoms with Gasteiger partial charge < -0.3 is 25.4 Å². The first-order valence-corrected chi connectivity index (χ1v) is 11.7. The predicted molar refractivity (Wildman–Crippen MR) is 115 cm³/mol. The molecule has 164 valence electrons. The lowest BCUT2D eigenvalue weighted by Crippen LogP contribution is -2.35. The molecule has 2 atom stereocenters. The zero-order chi connectivity index (χ0) is 21.7. The zero-order valence-electron chi connectivity index (χ0n) is 16.8. The first-order valence-electron chi connectivity index (χ1n) is 9.83. The summed E-state index contributed by atoms with van der Waals surface area (Å²) >= 11 is 0. The van der Waals surface area contributed by atoms with Crippen molar-refractivity contribution in [1.82, 2.24) is 5.32 Å². The van der Waals surface area contributed by atoms with Gasteiger partial charge >= 0.3 is 0 Å². The summed E-state index contributed by atoms with van der Waals surface area (Å²) in [6.45, 7) is 1.14. The molecule has 30 heavy (non-hydrogen) atoms. The second-order valence-corrected chi connectivity index (χ2v) is 9.45. The van der Waals surface area contributed by atoms with E-state index in [0.717, 1.165) is 37.6 Å². The molecule has 0 fully saturated rings. The van der Waals surface area contributed by atoms with Crippen molar-refractivity contribution in [3.63, 3.8) is 0 Å². The summed E-state index contributed by atoms with van der Waals surface area (Å²) in [5.41, 5.74) is 2.25. The van der Waals surface area contributed by atoms with E-state index in [9.17, 15) is 23.7 Å². The Morgan fingerprint density at radius 2 is 2.00 bits per heavy atom. The number of nitrogens with one attached hydrogen (secondary N) is 2. The molecule has 2 aromatic rings. The number of aliphatic hydroxyl groups is 1. The van der Waals surface area contributed by atoms with E-state index in [1.54, 1.807) is 6.07 Å². The number of benzene rings is 2. The molecule has 0 aromatic heterocycles. The van der Waals surface area contributed by atoms with Crippen molar-refractivity contribution < 1.29 is 28.5 Å². The van der Waals surface area contributed by atoms with Crippen molar-refractivity contribution in [3.05, 3.63) is 47.5 Å². The molecule has 0 saturated carbocycles. The van der Waals surface area contributed by atoms with Gasteiger partial charge in [-0.3, -0.25) is 4.72 Å². The second kappa shape index (κ2) is 9.55. The molecular weight excluding hydrogens is 408 g/mol. The van der Waals surface area contributed by atoms with Crippen LogP contribution in [-0.4, -0.2) is 55.8 Å². The summed E-state index contributed by atoms with van der Waals surface area (Å²) < 4.78 is 30.4. The summed E-state index contributed by atoms with van der Waals surface area (Å²) in [4.78, 5) is 0. The van der Waals surface area contributed by atoms with Gasteiger partial charge in [0.15, 0.2) is 0 Å². The molecule has 8 nitrogen and oxygen atoms in total. The second-order valence-electron chi connectivity index (χ2n) is 7.70. The number of aliphatic hydroxyl groups excluding tert-OH is 1. The van der Waals surface area contributed by atoms with E-state index >= 15 is 0 Å². The summed E-state index contributed by atoms with van der Waals surface area (Å²) in [6.07, 6.45) is 2.97. The van der Waals surface area contributed by atoms with Gasteiger partial charge in [-0.05, 0) is 61.1 Å². The maximum Gasteiger partial charge on any atom is 0.229 e. The van der Waals surface area contributed by atoms with E-state index in [4.69, 9.17) is 4.74 Å². The Kier molecular flexibility index (Phi) is 7.06. The fourth-order valence-corrected chi connectivity index (χ4v) is 4.19. The number of ether oxygens (including phenoxy) is 1. The van der Waals surface area contributed by atoms with E-state index in [-0.39, 0.29) is 18.0 Å². The molecule has 3 rings (SSSR count). The number of aromatic hydroxyl groups is 2.